The molecule has 0 aliphatic rings. The van der Waals surface area contributed by atoms with Gasteiger partial charge in [-0.1, -0.05) is 19.9 Å². The quantitative estimate of drug-likeness (QED) is 0.562. The van der Waals surface area contributed by atoms with Crippen molar-refractivity contribution in [1.29, 1.82) is 0 Å². The van der Waals surface area contributed by atoms with Gasteiger partial charge < -0.3 is 10.1 Å². The number of halogens is 1. The van der Waals surface area contributed by atoms with E-state index in [0.29, 0.717) is 29.5 Å². The molecule has 0 bridgehead atoms. The molecule has 0 aromatic heterocycles. The van der Waals surface area contributed by atoms with Gasteiger partial charge in [0.2, 0.25) is 0 Å². The first-order valence-electron chi connectivity index (χ1n) is 7.80. The minimum Gasteiger partial charge on any atom is -0.493 e. The number of rotatable bonds is 5. The summed E-state index contributed by atoms with van der Waals surface area (Å²) in [7, 11) is 0. The van der Waals surface area contributed by atoms with E-state index in [-0.39, 0.29) is 16.8 Å². The Labute approximate surface area is 151 Å². The first-order chi connectivity index (χ1) is 11.9. The highest BCUT2D eigenvalue weighted by atomic mass is 32.1. The summed E-state index contributed by atoms with van der Waals surface area (Å²) >= 11 is 5.08. The molecule has 2 rings (SSSR count). The zero-order chi connectivity index (χ0) is 18.2. The second kappa shape index (κ2) is 8.98. The highest BCUT2D eigenvalue weighted by Crippen LogP contribution is 2.14. The first kappa shape index (κ1) is 18.7. The molecule has 0 atom stereocenters. The average Bonchev–Trinajstić information content (AvgIpc) is 2.60. The van der Waals surface area contributed by atoms with Crippen LogP contribution in [0, 0.1) is 11.7 Å². The topological polar surface area (TPSA) is 62.4 Å². The Kier molecular flexibility index (Phi) is 6.71. The van der Waals surface area contributed by atoms with Gasteiger partial charge in [-0.15, -0.1) is 0 Å². The van der Waals surface area contributed by atoms with E-state index in [2.05, 4.69) is 30.0 Å². The summed E-state index contributed by atoms with van der Waals surface area (Å²) in [4.78, 5) is 12.2. The minimum absolute atomic E-state index is 0.187. The number of carbonyl (C=O) groups excluding carboxylic acids is 1. The highest BCUT2D eigenvalue weighted by Gasteiger charge is 2.08. The standard InChI is InChI=1S/C18H20FN3O2S/c1-12(2)11-24-16-5-3-4-13(10-16)17(23)21-22-18(25)20-15-8-6-14(19)7-9-15/h3-10,12H,11H2,1-2H3,(H,21,23)(H2,20,22,25). The van der Waals surface area contributed by atoms with Crippen molar-refractivity contribution >= 4 is 28.9 Å². The number of carbonyl (C=O) groups is 1. The van der Waals surface area contributed by atoms with Crippen LogP contribution in [-0.4, -0.2) is 17.6 Å². The zero-order valence-corrected chi connectivity index (χ0v) is 14.8. The molecule has 2 aromatic carbocycles. The Hall–Kier alpha value is -2.67. The van der Waals surface area contributed by atoms with Crippen LogP contribution in [0.4, 0.5) is 10.1 Å². The number of hydrazine groups is 1. The number of ether oxygens (including phenoxy) is 1. The van der Waals surface area contributed by atoms with Crippen molar-refractivity contribution in [3.63, 3.8) is 0 Å². The molecular formula is C18H20FN3O2S. The minimum atomic E-state index is -0.349. The molecule has 7 heteroatoms. The summed E-state index contributed by atoms with van der Waals surface area (Å²) in [5.74, 6) is 0.345. The van der Waals surface area contributed by atoms with Crippen LogP contribution >= 0.6 is 12.2 Å². The van der Waals surface area contributed by atoms with Crippen molar-refractivity contribution in [3.05, 3.63) is 59.9 Å². The van der Waals surface area contributed by atoms with Crippen molar-refractivity contribution in [2.45, 2.75) is 13.8 Å². The first-order valence-corrected chi connectivity index (χ1v) is 8.20. The molecule has 1 amide bonds. The van der Waals surface area contributed by atoms with Gasteiger partial charge in [0.1, 0.15) is 11.6 Å². The summed E-state index contributed by atoms with van der Waals surface area (Å²) in [6, 6.07) is 12.6. The highest BCUT2D eigenvalue weighted by molar-refractivity contribution is 7.80. The molecule has 25 heavy (non-hydrogen) atoms. The van der Waals surface area contributed by atoms with Gasteiger partial charge in [0.25, 0.3) is 5.91 Å². The Morgan fingerprint density at radius 1 is 1.16 bits per heavy atom. The maximum absolute atomic E-state index is 12.9. The predicted molar refractivity (Wildman–Crippen MR) is 100.0 cm³/mol. The third-order valence-electron chi connectivity index (χ3n) is 3.07. The fourth-order valence-corrected chi connectivity index (χ4v) is 2.04. The normalized spacial score (nSPS) is 10.2. The second-order valence-corrected chi connectivity index (χ2v) is 6.18. The maximum Gasteiger partial charge on any atom is 0.269 e. The number of hydrogen-bond acceptors (Lipinski definition) is 3. The van der Waals surface area contributed by atoms with E-state index in [1.807, 2.05) is 0 Å². The van der Waals surface area contributed by atoms with Gasteiger partial charge in [-0.05, 0) is 60.6 Å². The number of anilines is 1. The van der Waals surface area contributed by atoms with E-state index < -0.39 is 0 Å². The van der Waals surface area contributed by atoms with Gasteiger partial charge in [0.05, 0.1) is 6.61 Å². The van der Waals surface area contributed by atoms with Crippen molar-refractivity contribution in [3.8, 4) is 5.75 Å². The lowest BCUT2D eigenvalue weighted by Crippen LogP contribution is -2.43. The summed E-state index contributed by atoms with van der Waals surface area (Å²) < 4.78 is 18.5. The SMILES string of the molecule is CC(C)COc1cccc(C(=O)NNC(=S)Nc2ccc(F)cc2)c1. The van der Waals surface area contributed by atoms with Crippen LogP contribution in [0.1, 0.15) is 24.2 Å². The molecule has 0 fully saturated rings. The molecule has 0 heterocycles. The lowest BCUT2D eigenvalue weighted by Gasteiger charge is -2.13. The van der Waals surface area contributed by atoms with Gasteiger partial charge in [-0.2, -0.15) is 0 Å². The average molecular weight is 361 g/mol. The van der Waals surface area contributed by atoms with E-state index in [4.69, 9.17) is 17.0 Å². The fraction of sp³-hybridized carbons (Fsp3) is 0.222. The molecule has 0 saturated carbocycles. The molecule has 0 unspecified atom stereocenters. The van der Waals surface area contributed by atoms with E-state index in [9.17, 15) is 9.18 Å². The summed E-state index contributed by atoms with van der Waals surface area (Å²) in [6.45, 7) is 4.68. The predicted octanol–water partition coefficient (Wildman–Crippen LogP) is 3.49. The molecule has 2 aromatic rings. The molecule has 0 aliphatic heterocycles. The molecule has 0 aliphatic carbocycles. The van der Waals surface area contributed by atoms with Crippen LogP contribution in [0.25, 0.3) is 0 Å². The van der Waals surface area contributed by atoms with Gasteiger partial charge >= 0.3 is 0 Å². The number of hydrogen-bond donors (Lipinski definition) is 3. The zero-order valence-electron chi connectivity index (χ0n) is 14.0. The van der Waals surface area contributed by atoms with Crippen molar-refractivity contribution < 1.29 is 13.9 Å². The van der Waals surface area contributed by atoms with E-state index in [0.717, 1.165) is 0 Å². The van der Waals surface area contributed by atoms with Crippen LogP contribution < -0.4 is 20.9 Å². The fourth-order valence-electron chi connectivity index (χ4n) is 1.87. The molecule has 0 saturated heterocycles. The van der Waals surface area contributed by atoms with Crippen LogP contribution in [0.3, 0.4) is 0 Å². The molecular weight excluding hydrogens is 341 g/mol. The number of benzene rings is 2. The molecule has 3 N–H and O–H groups in total. The summed E-state index contributed by atoms with van der Waals surface area (Å²) in [5.41, 5.74) is 6.15. The monoisotopic (exact) mass is 361 g/mol. The Bertz CT molecular complexity index is 735. The Morgan fingerprint density at radius 2 is 1.88 bits per heavy atom. The summed E-state index contributed by atoms with van der Waals surface area (Å²) in [5, 5.41) is 3.02. The van der Waals surface area contributed by atoms with E-state index in [1.165, 1.54) is 12.1 Å². The third-order valence-corrected chi connectivity index (χ3v) is 3.28. The maximum atomic E-state index is 12.9. The van der Waals surface area contributed by atoms with Gasteiger partial charge in [-0.3, -0.25) is 15.6 Å². The summed E-state index contributed by atoms with van der Waals surface area (Å²) in [6.07, 6.45) is 0. The second-order valence-electron chi connectivity index (χ2n) is 5.77. The van der Waals surface area contributed by atoms with Crippen LogP contribution in [0.15, 0.2) is 48.5 Å². The van der Waals surface area contributed by atoms with Crippen LogP contribution in [-0.2, 0) is 0 Å². The van der Waals surface area contributed by atoms with E-state index >= 15 is 0 Å². The van der Waals surface area contributed by atoms with Crippen LogP contribution in [0.5, 0.6) is 5.75 Å². The van der Waals surface area contributed by atoms with Gasteiger partial charge in [-0.25, -0.2) is 4.39 Å². The van der Waals surface area contributed by atoms with Crippen molar-refractivity contribution in [2.24, 2.45) is 5.92 Å². The lowest BCUT2D eigenvalue weighted by molar-refractivity contribution is 0.0943. The Morgan fingerprint density at radius 3 is 2.56 bits per heavy atom. The largest absolute Gasteiger partial charge is 0.493 e. The van der Waals surface area contributed by atoms with Gasteiger partial charge in [0.15, 0.2) is 5.11 Å². The van der Waals surface area contributed by atoms with Gasteiger partial charge in [0, 0.05) is 11.3 Å². The van der Waals surface area contributed by atoms with E-state index in [1.54, 1.807) is 36.4 Å². The third kappa shape index (κ3) is 6.39. The molecule has 132 valence electrons. The van der Waals surface area contributed by atoms with Crippen molar-refractivity contribution in [1.82, 2.24) is 10.9 Å². The van der Waals surface area contributed by atoms with Crippen molar-refractivity contribution in [2.75, 3.05) is 11.9 Å². The number of thiocarbonyl (C=S) groups is 1. The molecule has 5 nitrogen and oxygen atoms in total. The number of amides is 1. The Balaban J connectivity index is 1.86. The lowest BCUT2D eigenvalue weighted by atomic mass is 10.2. The molecule has 0 spiro atoms. The smallest absolute Gasteiger partial charge is 0.269 e. The van der Waals surface area contributed by atoms with Crippen LogP contribution in [0.2, 0.25) is 0 Å². The number of nitrogens with one attached hydrogen (secondary N) is 3. The molecule has 0 radical (unpaired) electrons.